The molecule has 1 heterocycles. The third kappa shape index (κ3) is 1.74. The van der Waals surface area contributed by atoms with Crippen molar-refractivity contribution in [1.82, 2.24) is 5.32 Å². The van der Waals surface area contributed by atoms with Crippen molar-refractivity contribution < 1.29 is 13.6 Å². The minimum Gasteiger partial charge on any atom is -0.311 e. The molecule has 0 aliphatic carbocycles. The first kappa shape index (κ1) is 10.8. The maximum absolute atomic E-state index is 12.2. The Hall–Kier alpha value is -0.670. The van der Waals surface area contributed by atoms with Gasteiger partial charge in [-0.3, -0.25) is 9.88 Å². The van der Waals surface area contributed by atoms with Crippen LogP contribution in [0.2, 0.25) is 0 Å². The van der Waals surface area contributed by atoms with Gasteiger partial charge < -0.3 is 9.05 Å². The largest absolute Gasteiger partial charge is 0.351 e. The van der Waals surface area contributed by atoms with E-state index >= 15 is 0 Å². The van der Waals surface area contributed by atoms with Crippen molar-refractivity contribution in [2.24, 2.45) is 0 Å². The zero-order valence-corrected chi connectivity index (χ0v) is 9.66. The van der Waals surface area contributed by atoms with Crippen LogP contribution in [0.3, 0.4) is 0 Å². The Bertz CT molecular complexity index is 399. The molecule has 0 saturated heterocycles. The summed E-state index contributed by atoms with van der Waals surface area (Å²) in [5.74, 6) is -0.344. The lowest BCUT2D eigenvalue weighted by molar-refractivity contribution is 0.261. The Morgan fingerprint density at radius 3 is 2.67 bits per heavy atom. The fourth-order valence-corrected chi connectivity index (χ4v) is 3.32. The average Bonchev–Trinajstić information content (AvgIpc) is 2.72. The maximum atomic E-state index is 12.2. The summed E-state index contributed by atoms with van der Waals surface area (Å²) in [6.45, 7) is 0.706. The van der Waals surface area contributed by atoms with Crippen molar-refractivity contribution in [3.8, 4) is 0 Å². The predicted molar refractivity (Wildman–Crippen MR) is 57.6 cm³/mol. The van der Waals surface area contributed by atoms with Crippen molar-refractivity contribution in [3.05, 3.63) is 35.4 Å². The van der Waals surface area contributed by atoms with Crippen LogP contribution in [-0.2, 0) is 20.2 Å². The second-order valence-electron chi connectivity index (χ2n) is 3.39. The van der Waals surface area contributed by atoms with Crippen molar-refractivity contribution >= 4 is 7.60 Å². The van der Waals surface area contributed by atoms with Crippen LogP contribution >= 0.6 is 7.60 Å². The Morgan fingerprint density at radius 2 is 2.00 bits per heavy atom. The van der Waals surface area contributed by atoms with Crippen LogP contribution < -0.4 is 5.32 Å². The highest BCUT2D eigenvalue weighted by molar-refractivity contribution is 7.54. The normalized spacial score (nSPS) is 20.3. The summed E-state index contributed by atoms with van der Waals surface area (Å²) in [4.78, 5) is 0. The molecule has 0 spiro atoms. The second kappa shape index (κ2) is 4.06. The fraction of sp³-hybridized carbons (Fsp3) is 0.400. The maximum Gasteiger partial charge on any atom is 0.351 e. The molecule has 2 rings (SSSR count). The molecule has 1 aliphatic rings. The third-order valence-electron chi connectivity index (χ3n) is 2.66. The Labute approximate surface area is 89.1 Å². The molecule has 4 nitrogen and oxygen atoms in total. The molecule has 5 heteroatoms. The smallest absolute Gasteiger partial charge is 0.311 e. The first-order valence-electron chi connectivity index (χ1n) is 4.73. The molecule has 82 valence electrons. The first-order chi connectivity index (χ1) is 7.21. The monoisotopic (exact) mass is 227 g/mol. The standard InChI is InChI=1S/C10H14NO3P/c1-13-15(12,14-2)10-9-6-4-3-5-8(9)7-11-10/h3-6,10-11H,7H2,1-2H3/t10-/m1/s1. The quantitative estimate of drug-likeness (QED) is 0.805. The van der Waals surface area contributed by atoms with Crippen molar-refractivity contribution in [2.75, 3.05) is 14.2 Å². The van der Waals surface area contributed by atoms with Gasteiger partial charge in [-0.1, -0.05) is 24.3 Å². The molecule has 0 unspecified atom stereocenters. The summed E-state index contributed by atoms with van der Waals surface area (Å²) < 4.78 is 22.2. The molecule has 1 atom stereocenters. The van der Waals surface area contributed by atoms with Gasteiger partial charge in [-0.25, -0.2) is 0 Å². The van der Waals surface area contributed by atoms with Gasteiger partial charge in [0.15, 0.2) is 0 Å². The van der Waals surface area contributed by atoms with Gasteiger partial charge in [0.2, 0.25) is 0 Å². The van der Waals surface area contributed by atoms with E-state index in [0.29, 0.717) is 6.54 Å². The minimum atomic E-state index is -3.07. The number of benzene rings is 1. The Morgan fingerprint density at radius 1 is 1.33 bits per heavy atom. The number of nitrogens with one attached hydrogen (secondary N) is 1. The third-order valence-corrected chi connectivity index (χ3v) is 4.77. The molecule has 1 N–H and O–H groups in total. The van der Waals surface area contributed by atoms with E-state index < -0.39 is 7.60 Å². The van der Waals surface area contributed by atoms with Gasteiger partial charge in [0.05, 0.1) is 0 Å². The Kier molecular flexibility index (Phi) is 2.94. The number of hydrogen-bond donors (Lipinski definition) is 1. The minimum absolute atomic E-state index is 0.344. The predicted octanol–water partition coefficient (Wildman–Crippen LogP) is 2.27. The van der Waals surface area contributed by atoms with Crippen LogP contribution in [0, 0.1) is 0 Å². The molecule has 0 amide bonds. The number of rotatable bonds is 3. The number of fused-ring (bicyclic) bond motifs is 1. The van der Waals surface area contributed by atoms with Gasteiger partial charge >= 0.3 is 7.60 Å². The highest BCUT2D eigenvalue weighted by atomic mass is 31.2. The Balaban J connectivity index is 2.39. The summed E-state index contributed by atoms with van der Waals surface area (Å²) >= 11 is 0. The summed E-state index contributed by atoms with van der Waals surface area (Å²) in [6.07, 6.45) is 0. The first-order valence-corrected chi connectivity index (χ1v) is 6.35. The zero-order chi connectivity index (χ0) is 10.9. The van der Waals surface area contributed by atoms with Gasteiger partial charge in [0.1, 0.15) is 5.78 Å². The molecule has 1 aliphatic heterocycles. The molecule has 1 aromatic carbocycles. The summed E-state index contributed by atoms with van der Waals surface area (Å²) in [5.41, 5.74) is 2.15. The lowest BCUT2D eigenvalue weighted by Crippen LogP contribution is -2.14. The molecule has 0 bridgehead atoms. The van der Waals surface area contributed by atoms with E-state index in [0.717, 1.165) is 11.1 Å². The summed E-state index contributed by atoms with van der Waals surface area (Å²) in [5, 5.41) is 3.15. The number of hydrogen-bond acceptors (Lipinski definition) is 4. The molecule has 0 aromatic heterocycles. The molecule has 0 saturated carbocycles. The van der Waals surface area contributed by atoms with E-state index in [4.69, 9.17) is 9.05 Å². The zero-order valence-electron chi connectivity index (χ0n) is 8.77. The highest BCUT2D eigenvalue weighted by Gasteiger charge is 2.39. The second-order valence-corrected chi connectivity index (χ2v) is 5.71. The van der Waals surface area contributed by atoms with Crippen molar-refractivity contribution in [3.63, 3.8) is 0 Å². The van der Waals surface area contributed by atoms with E-state index in [-0.39, 0.29) is 5.78 Å². The highest BCUT2D eigenvalue weighted by Crippen LogP contribution is 2.60. The van der Waals surface area contributed by atoms with E-state index in [1.165, 1.54) is 14.2 Å². The molecule has 1 aromatic rings. The van der Waals surface area contributed by atoms with E-state index in [2.05, 4.69) is 5.32 Å². The van der Waals surface area contributed by atoms with E-state index in [9.17, 15) is 4.57 Å². The average molecular weight is 227 g/mol. The molecule has 0 radical (unpaired) electrons. The lowest BCUT2D eigenvalue weighted by Gasteiger charge is -2.21. The van der Waals surface area contributed by atoms with Gasteiger partial charge in [0.25, 0.3) is 0 Å². The van der Waals surface area contributed by atoms with Gasteiger partial charge in [-0.05, 0) is 11.1 Å². The van der Waals surface area contributed by atoms with Crippen LogP contribution in [-0.4, -0.2) is 14.2 Å². The topological polar surface area (TPSA) is 47.6 Å². The van der Waals surface area contributed by atoms with Crippen molar-refractivity contribution in [2.45, 2.75) is 12.3 Å². The van der Waals surface area contributed by atoms with Crippen molar-refractivity contribution in [1.29, 1.82) is 0 Å². The SMILES string of the molecule is COP(=O)(OC)[C@H]1NCc2ccccc21. The molecular weight excluding hydrogens is 213 g/mol. The van der Waals surface area contributed by atoms with E-state index in [1.807, 2.05) is 24.3 Å². The molecule has 0 fully saturated rings. The van der Waals surface area contributed by atoms with E-state index in [1.54, 1.807) is 0 Å². The molecular formula is C10H14NO3P. The van der Waals surface area contributed by atoms with Gasteiger partial charge in [0, 0.05) is 20.8 Å². The summed E-state index contributed by atoms with van der Waals surface area (Å²) in [7, 11) is -0.253. The van der Waals surface area contributed by atoms with Gasteiger partial charge in [-0.15, -0.1) is 0 Å². The lowest BCUT2D eigenvalue weighted by atomic mass is 10.1. The van der Waals surface area contributed by atoms with Crippen LogP contribution in [0.1, 0.15) is 16.9 Å². The van der Waals surface area contributed by atoms with Crippen LogP contribution in [0.5, 0.6) is 0 Å². The fourth-order valence-electron chi connectivity index (χ4n) is 1.85. The van der Waals surface area contributed by atoms with Crippen LogP contribution in [0.4, 0.5) is 0 Å². The summed E-state index contributed by atoms with van der Waals surface area (Å²) in [6, 6.07) is 7.85. The molecule has 15 heavy (non-hydrogen) atoms. The van der Waals surface area contributed by atoms with Crippen LogP contribution in [0.25, 0.3) is 0 Å². The van der Waals surface area contributed by atoms with Crippen LogP contribution in [0.15, 0.2) is 24.3 Å². The van der Waals surface area contributed by atoms with Gasteiger partial charge in [-0.2, -0.15) is 0 Å².